The molecule has 0 aliphatic rings. The average molecular weight is 366 g/mol. The summed E-state index contributed by atoms with van der Waals surface area (Å²) in [6.07, 6.45) is -0.720. The molecule has 7 nitrogen and oxygen atoms in total. The maximum Gasteiger partial charge on any atom is 0.279 e. The lowest BCUT2D eigenvalue weighted by Crippen LogP contribution is -2.41. The van der Waals surface area contributed by atoms with Crippen LogP contribution in [-0.2, 0) is 11.3 Å². The fourth-order valence-electron chi connectivity index (χ4n) is 2.65. The molecule has 0 saturated carbocycles. The molecule has 27 heavy (non-hydrogen) atoms. The first-order valence-corrected chi connectivity index (χ1v) is 8.78. The van der Waals surface area contributed by atoms with E-state index in [1.54, 1.807) is 25.1 Å². The van der Waals surface area contributed by atoms with Gasteiger partial charge in [0.15, 0.2) is 6.10 Å². The number of amides is 1. The van der Waals surface area contributed by atoms with Crippen molar-refractivity contribution in [1.82, 2.24) is 15.0 Å². The SMILES string of the molecule is CCn1c(NNC(=O)[C@@H](C)Oc2ccc(C)cc2)nc2ccccc2c1=O. The highest BCUT2D eigenvalue weighted by atomic mass is 16.5. The molecular weight excluding hydrogens is 344 g/mol. The molecule has 1 amide bonds. The number of benzene rings is 2. The van der Waals surface area contributed by atoms with E-state index >= 15 is 0 Å². The van der Waals surface area contributed by atoms with Crippen LogP contribution in [-0.4, -0.2) is 21.6 Å². The van der Waals surface area contributed by atoms with Gasteiger partial charge in [-0.1, -0.05) is 29.8 Å². The Balaban J connectivity index is 1.72. The summed E-state index contributed by atoms with van der Waals surface area (Å²) in [5, 5.41) is 0.535. The summed E-state index contributed by atoms with van der Waals surface area (Å²) in [5.74, 6) is 0.510. The fraction of sp³-hybridized carbons (Fsp3) is 0.250. The first kappa shape index (κ1) is 18.4. The van der Waals surface area contributed by atoms with Crippen molar-refractivity contribution < 1.29 is 9.53 Å². The molecule has 3 rings (SSSR count). The van der Waals surface area contributed by atoms with Gasteiger partial charge in [0.2, 0.25) is 5.95 Å². The maximum atomic E-state index is 12.6. The summed E-state index contributed by atoms with van der Waals surface area (Å²) in [4.78, 5) is 29.3. The molecule has 0 unspecified atom stereocenters. The van der Waals surface area contributed by atoms with Crippen LogP contribution in [0.15, 0.2) is 53.3 Å². The van der Waals surface area contributed by atoms with Crippen LogP contribution in [0.25, 0.3) is 10.9 Å². The number of rotatable bonds is 6. The molecule has 0 spiro atoms. The Hall–Kier alpha value is -3.35. The number of hydrogen-bond donors (Lipinski definition) is 2. The number of carbonyl (C=O) groups excluding carboxylic acids is 1. The third kappa shape index (κ3) is 4.08. The predicted molar refractivity (Wildman–Crippen MR) is 105 cm³/mol. The minimum Gasteiger partial charge on any atom is -0.481 e. The van der Waals surface area contributed by atoms with E-state index in [1.807, 2.05) is 44.2 Å². The normalized spacial score (nSPS) is 11.8. The molecule has 1 aromatic heterocycles. The van der Waals surface area contributed by atoms with Crippen LogP contribution in [0.1, 0.15) is 19.4 Å². The molecule has 3 aromatic rings. The Morgan fingerprint density at radius 1 is 1.19 bits per heavy atom. The number of hydrogen-bond acceptors (Lipinski definition) is 5. The first-order chi connectivity index (χ1) is 13.0. The van der Waals surface area contributed by atoms with Crippen molar-refractivity contribution in [2.45, 2.75) is 33.4 Å². The summed E-state index contributed by atoms with van der Waals surface area (Å²) in [6, 6.07) is 14.5. The number of carbonyl (C=O) groups is 1. The second kappa shape index (κ2) is 7.90. The van der Waals surface area contributed by atoms with Crippen molar-refractivity contribution in [1.29, 1.82) is 0 Å². The van der Waals surface area contributed by atoms with Gasteiger partial charge in [0, 0.05) is 6.54 Å². The van der Waals surface area contributed by atoms with Gasteiger partial charge < -0.3 is 4.74 Å². The zero-order valence-corrected chi connectivity index (χ0v) is 15.5. The summed E-state index contributed by atoms with van der Waals surface area (Å²) in [5.41, 5.74) is 6.82. The lowest BCUT2D eigenvalue weighted by molar-refractivity contribution is -0.126. The zero-order chi connectivity index (χ0) is 19.4. The van der Waals surface area contributed by atoms with Crippen molar-refractivity contribution in [3.63, 3.8) is 0 Å². The van der Waals surface area contributed by atoms with Crippen molar-refractivity contribution in [3.8, 4) is 5.75 Å². The summed E-state index contributed by atoms with van der Waals surface area (Å²) >= 11 is 0. The highest BCUT2D eigenvalue weighted by Crippen LogP contribution is 2.14. The third-order valence-corrected chi connectivity index (χ3v) is 4.18. The number of aryl methyl sites for hydroxylation is 1. The number of fused-ring (bicyclic) bond motifs is 1. The Kier molecular flexibility index (Phi) is 5.40. The first-order valence-electron chi connectivity index (χ1n) is 8.78. The second-order valence-corrected chi connectivity index (χ2v) is 6.19. The molecule has 0 bridgehead atoms. The number of aromatic nitrogens is 2. The van der Waals surface area contributed by atoms with Gasteiger partial charge in [0.1, 0.15) is 5.75 Å². The van der Waals surface area contributed by atoms with E-state index < -0.39 is 6.10 Å². The van der Waals surface area contributed by atoms with Crippen molar-refractivity contribution in [2.75, 3.05) is 5.43 Å². The van der Waals surface area contributed by atoms with Crippen LogP contribution >= 0.6 is 0 Å². The quantitative estimate of drug-likeness (QED) is 0.655. The van der Waals surface area contributed by atoms with E-state index in [4.69, 9.17) is 4.74 Å². The van der Waals surface area contributed by atoms with Gasteiger partial charge >= 0.3 is 0 Å². The lowest BCUT2D eigenvalue weighted by atomic mass is 10.2. The summed E-state index contributed by atoms with van der Waals surface area (Å²) in [6.45, 7) is 5.89. The monoisotopic (exact) mass is 366 g/mol. The standard InChI is InChI=1S/C20H22N4O3/c1-4-24-19(26)16-7-5-6-8-17(16)21-20(24)23-22-18(25)14(3)27-15-11-9-13(2)10-12-15/h5-12,14H,4H2,1-3H3,(H,21,23)(H,22,25)/t14-/m1/s1. The van der Waals surface area contributed by atoms with E-state index in [-0.39, 0.29) is 17.4 Å². The van der Waals surface area contributed by atoms with Gasteiger partial charge in [-0.15, -0.1) is 0 Å². The minimum absolute atomic E-state index is 0.163. The molecule has 0 aliphatic carbocycles. The molecule has 1 atom stereocenters. The number of nitrogens with one attached hydrogen (secondary N) is 2. The second-order valence-electron chi connectivity index (χ2n) is 6.19. The Bertz CT molecular complexity index is 1010. The van der Waals surface area contributed by atoms with Crippen LogP contribution < -0.4 is 21.1 Å². The summed E-state index contributed by atoms with van der Waals surface area (Å²) < 4.78 is 7.10. The molecule has 1 heterocycles. The number of hydrazine groups is 1. The highest BCUT2D eigenvalue weighted by Gasteiger charge is 2.16. The number of para-hydroxylation sites is 1. The fourth-order valence-corrected chi connectivity index (χ4v) is 2.65. The Morgan fingerprint density at radius 3 is 2.59 bits per heavy atom. The van der Waals surface area contributed by atoms with Gasteiger partial charge in [-0.25, -0.2) is 4.98 Å². The van der Waals surface area contributed by atoms with Crippen LogP contribution in [0, 0.1) is 6.92 Å². The molecule has 2 N–H and O–H groups in total. The van der Waals surface area contributed by atoms with Gasteiger partial charge in [0.25, 0.3) is 11.5 Å². The van der Waals surface area contributed by atoms with E-state index in [0.717, 1.165) is 5.56 Å². The molecule has 0 aliphatic heterocycles. The van der Waals surface area contributed by atoms with E-state index in [1.165, 1.54) is 4.57 Å². The minimum atomic E-state index is -0.720. The molecule has 7 heteroatoms. The average Bonchev–Trinajstić information content (AvgIpc) is 2.68. The smallest absolute Gasteiger partial charge is 0.279 e. The van der Waals surface area contributed by atoms with Gasteiger partial charge in [-0.3, -0.25) is 25.0 Å². The van der Waals surface area contributed by atoms with Crippen LogP contribution in [0.4, 0.5) is 5.95 Å². The molecule has 0 fully saturated rings. The zero-order valence-electron chi connectivity index (χ0n) is 15.5. The molecular formula is C20H22N4O3. The Morgan fingerprint density at radius 2 is 1.89 bits per heavy atom. The van der Waals surface area contributed by atoms with Crippen molar-refractivity contribution >= 4 is 22.8 Å². The van der Waals surface area contributed by atoms with Crippen molar-refractivity contribution in [2.24, 2.45) is 0 Å². The van der Waals surface area contributed by atoms with E-state index in [9.17, 15) is 9.59 Å². The molecule has 0 radical (unpaired) electrons. The van der Waals surface area contributed by atoms with Crippen LogP contribution in [0.5, 0.6) is 5.75 Å². The number of nitrogens with zero attached hydrogens (tertiary/aromatic N) is 2. The lowest BCUT2D eigenvalue weighted by Gasteiger charge is -2.17. The maximum absolute atomic E-state index is 12.6. The van der Waals surface area contributed by atoms with E-state index in [0.29, 0.717) is 23.2 Å². The van der Waals surface area contributed by atoms with Crippen LogP contribution in [0.2, 0.25) is 0 Å². The topological polar surface area (TPSA) is 85.2 Å². The number of anilines is 1. The predicted octanol–water partition coefficient (Wildman–Crippen LogP) is 2.64. The molecule has 2 aromatic carbocycles. The highest BCUT2D eigenvalue weighted by molar-refractivity contribution is 5.82. The van der Waals surface area contributed by atoms with Gasteiger partial charge in [-0.05, 0) is 45.0 Å². The number of ether oxygens (including phenoxy) is 1. The van der Waals surface area contributed by atoms with Crippen molar-refractivity contribution in [3.05, 3.63) is 64.4 Å². The molecule has 140 valence electrons. The molecule has 0 saturated heterocycles. The van der Waals surface area contributed by atoms with Crippen LogP contribution in [0.3, 0.4) is 0 Å². The van der Waals surface area contributed by atoms with Gasteiger partial charge in [-0.2, -0.15) is 0 Å². The van der Waals surface area contributed by atoms with Gasteiger partial charge in [0.05, 0.1) is 10.9 Å². The summed E-state index contributed by atoms with van der Waals surface area (Å²) in [7, 11) is 0. The third-order valence-electron chi connectivity index (χ3n) is 4.18. The Labute approximate surface area is 157 Å². The largest absolute Gasteiger partial charge is 0.481 e. The van der Waals surface area contributed by atoms with E-state index in [2.05, 4.69) is 15.8 Å².